The second-order valence-electron chi connectivity index (χ2n) is 15.8. The van der Waals surface area contributed by atoms with Gasteiger partial charge in [0.1, 0.15) is 5.82 Å². The molecule has 1 nitrogen and oxygen atoms in total. The van der Waals surface area contributed by atoms with E-state index in [-0.39, 0.29) is 6.15 Å². The number of unbranched alkanes of at least 4 members (excludes halogenated alkanes) is 16. The molecule has 0 saturated carbocycles. The molecule has 0 atom stereocenters. The topological polar surface area (TPSA) is 16.6 Å². The molecule has 0 aliphatic heterocycles. The smallest absolute Gasteiger partial charge is 0.200 e. The Morgan fingerprint density at radius 2 is 0.704 bits per heavy atom. The van der Waals surface area contributed by atoms with Gasteiger partial charge in [0.15, 0.2) is 23.3 Å². The lowest BCUT2D eigenvalue weighted by atomic mass is 9.17. The van der Waals surface area contributed by atoms with Crippen molar-refractivity contribution in [3.05, 3.63) is 59.2 Å². The van der Waals surface area contributed by atoms with E-state index in [2.05, 4.69) is 46.9 Å². The molecule has 2 aromatic carbocycles. The first kappa shape index (κ1) is 52.0. The molecule has 0 aromatic heterocycles. The Morgan fingerprint density at radius 3 is 1.06 bits per heavy atom. The molecule has 0 amide bonds. The predicted molar refractivity (Wildman–Crippen MR) is 224 cm³/mol. The third kappa shape index (κ3) is 22.6. The van der Waals surface area contributed by atoms with E-state index in [0.29, 0.717) is 0 Å². The molecule has 0 saturated heterocycles. The van der Waals surface area contributed by atoms with Crippen molar-refractivity contribution in [3.8, 4) is 11.1 Å². The molecule has 0 bridgehead atoms. The minimum Gasteiger partial charge on any atom is -0.346 e. The average Bonchev–Trinajstić information content (AvgIpc) is 3.18. The van der Waals surface area contributed by atoms with Crippen molar-refractivity contribution in [1.82, 2.24) is 0 Å². The fourth-order valence-electron chi connectivity index (χ4n) is 7.56. The van der Waals surface area contributed by atoms with Crippen LogP contribution in [0.2, 0.25) is 25.3 Å². The van der Waals surface area contributed by atoms with Gasteiger partial charge in [-0.25, -0.2) is 26.3 Å². The lowest BCUT2D eigenvalue weighted by Gasteiger charge is -2.40. The molecule has 0 aliphatic rings. The molecule has 2 rings (SSSR count). The van der Waals surface area contributed by atoms with Crippen LogP contribution in [0, 0.1) is 34.9 Å². The Kier molecular flexibility index (Phi) is 33.1. The van der Waals surface area contributed by atoms with E-state index in [1.54, 1.807) is 25.3 Å². The Balaban J connectivity index is 0.000000781. The van der Waals surface area contributed by atoms with Gasteiger partial charge in [-0.05, 0) is 31.7 Å². The minimum absolute atomic E-state index is 0.00722. The SMILES string of the molecule is CCCCCCCCC[NH2+]CCCCCCCCC.CCCC[B-](CCCC)(CCCC)CCCC.Fc1ccccc1-c1c(F)c(F)c(F)c(F)c1F. The van der Waals surface area contributed by atoms with Crippen molar-refractivity contribution in [3.63, 3.8) is 0 Å². The summed E-state index contributed by atoms with van der Waals surface area (Å²) in [6.07, 6.45) is 37.8. The van der Waals surface area contributed by atoms with Gasteiger partial charge < -0.3 is 5.32 Å². The summed E-state index contributed by atoms with van der Waals surface area (Å²) >= 11 is 0. The number of hydrogen-bond donors (Lipinski definition) is 1. The quantitative estimate of drug-likeness (QED) is 0.0279. The van der Waals surface area contributed by atoms with Crippen LogP contribution in [0.4, 0.5) is 26.3 Å². The molecular weight excluding hydrogens is 691 g/mol. The summed E-state index contributed by atoms with van der Waals surface area (Å²) in [5, 5.41) is 2.54. The number of hydrogen-bond acceptors (Lipinski definition) is 0. The van der Waals surface area contributed by atoms with E-state index in [1.165, 1.54) is 166 Å². The van der Waals surface area contributed by atoms with E-state index in [4.69, 9.17) is 0 Å². The lowest BCUT2D eigenvalue weighted by molar-refractivity contribution is -0.655. The summed E-state index contributed by atoms with van der Waals surface area (Å²) < 4.78 is 78.8. The number of halogens is 6. The van der Waals surface area contributed by atoms with Gasteiger partial charge in [0.05, 0.1) is 18.7 Å². The molecule has 2 aromatic rings. The van der Waals surface area contributed by atoms with Crippen LogP contribution >= 0.6 is 0 Å². The van der Waals surface area contributed by atoms with Crippen LogP contribution in [-0.2, 0) is 0 Å². The van der Waals surface area contributed by atoms with Crippen LogP contribution < -0.4 is 5.32 Å². The van der Waals surface area contributed by atoms with E-state index in [9.17, 15) is 26.3 Å². The van der Waals surface area contributed by atoms with Gasteiger partial charge in [0.25, 0.3) is 0 Å². The fourth-order valence-corrected chi connectivity index (χ4v) is 7.56. The molecule has 0 aliphatic carbocycles. The van der Waals surface area contributed by atoms with Crippen LogP contribution in [-0.4, -0.2) is 19.2 Å². The molecule has 0 fully saturated rings. The van der Waals surface area contributed by atoms with Gasteiger partial charge in [0.2, 0.25) is 5.82 Å². The maximum atomic E-state index is 13.4. The van der Waals surface area contributed by atoms with Crippen LogP contribution in [0.1, 0.15) is 183 Å². The van der Waals surface area contributed by atoms with Crippen molar-refractivity contribution in [2.75, 3.05) is 13.1 Å². The van der Waals surface area contributed by atoms with E-state index in [1.807, 2.05) is 0 Å². The standard InChI is InChI=1S/C18H39N.C16H36B.C12H4F6/c1-3-5-7-9-11-13-15-17-19-18-16-14-12-10-8-6-4-2;1-5-9-13-17(14-10-6-2,15-11-7-3)16-12-8-4;13-6-4-2-1-3-5(6)7-8(14)10(16)12(18)11(17)9(7)15/h19H,3-18H2,1-2H3;5-16H2,1-4H3;1-4H/q;-1;/p+1. The highest BCUT2D eigenvalue weighted by Crippen LogP contribution is 2.34. The first-order valence-corrected chi connectivity index (χ1v) is 22.4. The first-order valence-electron chi connectivity index (χ1n) is 22.4. The van der Waals surface area contributed by atoms with Gasteiger partial charge >= 0.3 is 0 Å². The highest BCUT2D eigenvalue weighted by molar-refractivity contribution is 6.79. The predicted octanol–water partition coefficient (Wildman–Crippen LogP) is 15.9. The zero-order chi connectivity index (χ0) is 40.5. The molecule has 2 N–H and O–H groups in total. The van der Waals surface area contributed by atoms with Gasteiger partial charge in [-0.2, -0.15) is 25.3 Å². The average molecular weight is 772 g/mol. The van der Waals surface area contributed by atoms with Gasteiger partial charge in [0, 0.05) is 11.7 Å². The lowest BCUT2D eigenvalue weighted by Crippen LogP contribution is -2.84. The summed E-state index contributed by atoms with van der Waals surface area (Å²) in [5.41, 5.74) is -1.96. The van der Waals surface area contributed by atoms with Crippen LogP contribution in [0.25, 0.3) is 11.1 Å². The van der Waals surface area contributed by atoms with E-state index >= 15 is 0 Å². The molecule has 0 unspecified atom stereocenters. The molecule has 8 heteroatoms. The van der Waals surface area contributed by atoms with Crippen LogP contribution in [0.3, 0.4) is 0 Å². The van der Waals surface area contributed by atoms with Crippen molar-refractivity contribution < 1.29 is 31.7 Å². The van der Waals surface area contributed by atoms with Gasteiger partial charge in [-0.1, -0.05) is 175 Å². The Hall–Kier alpha value is -1.96. The highest BCUT2D eigenvalue weighted by atomic mass is 19.2. The van der Waals surface area contributed by atoms with Crippen molar-refractivity contribution in [1.29, 1.82) is 0 Å². The number of benzene rings is 2. The second-order valence-corrected chi connectivity index (χ2v) is 15.8. The molecule has 0 radical (unpaired) electrons. The summed E-state index contributed by atoms with van der Waals surface area (Å²) in [5.74, 6) is -11.7. The maximum absolute atomic E-state index is 13.4. The molecule has 54 heavy (non-hydrogen) atoms. The molecule has 0 heterocycles. The highest BCUT2D eigenvalue weighted by Gasteiger charge is 2.27. The maximum Gasteiger partial charge on any atom is 0.200 e. The molecule has 314 valence electrons. The Morgan fingerprint density at radius 1 is 0.389 bits per heavy atom. The summed E-state index contributed by atoms with van der Waals surface area (Å²) in [6.45, 7) is 16.7. The van der Waals surface area contributed by atoms with Crippen LogP contribution in [0.15, 0.2) is 24.3 Å². The van der Waals surface area contributed by atoms with Crippen LogP contribution in [0.5, 0.6) is 0 Å². The summed E-state index contributed by atoms with van der Waals surface area (Å²) in [7, 11) is 0. The van der Waals surface area contributed by atoms with E-state index < -0.39 is 46.0 Å². The second kappa shape index (κ2) is 34.3. The number of nitrogens with two attached hydrogens (primary N) is 1. The largest absolute Gasteiger partial charge is 0.346 e. The number of rotatable bonds is 29. The fraction of sp³-hybridized carbons (Fsp3) is 0.739. The summed E-state index contributed by atoms with van der Waals surface area (Å²) in [4.78, 5) is 0. The number of quaternary nitrogens is 1. The third-order valence-corrected chi connectivity index (χ3v) is 11.1. The van der Waals surface area contributed by atoms with Crippen molar-refractivity contribution in [2.24, 2.45) is 0 Å². The van der Waals surface area contributed by atoms with Gasteiger partial charge in [-0.15, -0.1) is 0 Å². The Bertz CT molecular complexity index is 1090. The van der Waals surface area contributed by atoms with Crippen molar-refractivity contribution >= 4 is 6.15 Å². The molecular formula is C46H80BF6N. The monoisotopic (exact) mass is 772 g/mol. The van der Waals surface area contributed by atoms with Crippen molar-refractivity contribution in [2.45, 2.75) is 208 Å². The normalized spacial score (nSPS) is 11.3. The van der Waals surface area contributed by atoms with Gasteiger partial charge in [-0.3, -0.25) is 0 Å². The first-order chi connectivity index (χ1) is 26.1. The third-order valence-electron chi connectivity index (χ3n) is 11.1. The molecule has 0 spiro atoms. The zero-order valence-corrected chi connectivity index (χ0v) is 35.5. The summed E-state index contributed by atoms with van der Waals surface area (Å²) in [6, 6.07) is 4.22. The van der Waals surface area contributed by atoms with E-state index in [0.717, 1.165) is 12.1 Å². The minimum atomic E-state index is -2.27. The zero-order valence-electron chi connectivity index (χ0n) is 35.5. The Labute approximate surface area is 328 Å².